The number of nitrogens with zero attached hydrogens (tertiary/aromatic N) is 3. The Morgan fingerprint density at radius 1 is 1.31 bits per heavy atom. The highest BCUT2D eigenvalue weighted by Crippen LogP contribution is 2.15. The van der Waals surface area contributed by atoms with Gasteiger partial charge in [0.15, 0.2) is 5.84 Å². The molecule has 2 bridgehead atoms. The molecule has 3 aliphatic heterocycles. The fourth-order valence-electron chi connectivity index (χ4n) is 2.19. The Balaban J connectivity index is 2.12. The van der Waals surface area contributed by atoms with Crippen molar-refractivity contribution < 1.29 is 5.21 Å². The van der Waals surface area contributed by atoms with E-state index in [1.54, 1.807) is 0 Å². The topological polar surface area (TPSA) is 65.1 Å². The molecule has 13 heavy (non-hydrogen) atoms. The van der Waals surface area contributed by atoms with Crippen LogP contribution in [0.2, 0.25) is 0 Å². The summed E-state index contributed by atoms with van der Waals surface area (Å²) in [6.07, 6.45) is 1.19. The first kappa shape index (κ1) is 8.77. The summed E-state index contributed by atoms with van der Waals surface area (Å²) in [4.78, 5) is 4.69. The van der Waals surface area contributed by atoms with Gasteiger partial charge in [-0.3, -0.25) is 9.80 Å². The van der Waals surface area contributed by atoms with Crippen molar-refractivity contribution in [1.29, 1.82) is 0 Å². The molecule has 74 valence electrons. The van der Waals surface area contributed by atoms with Crippen molar-refractivity contribution in [3.63, 3.8) is 0 Å². The Labute approximate surface area is 77.8 Å². The second-order valence-corrected chi connectivity index (χ2v) is 3.73. The Hall–Kier alpha value is -0.810. The maximum Gasteiger partial charge on any atom is 0.157 e. The van der Waals surface area contributed by atoms with Crippen LogP contribution in [0.15, 0.2) is 5.16 Å². The summed E-state index contributed by atoms with van der Waals surface area (Å²) in [5.74, 6) is 0.353. The normalized spacial score (nSPS) is 40.3. The lowest BCUT2D eigenvalue weighted by Crippen LogP contribution is -2.55. The van der Waals surface area contributed by atoms with Crippen LogP contribution in [0.1, 0.15) is 6.42 Å². The fourth-order valence-corrected chi connectivity index (χ4v) is 2.19. The van der Waals surface area contributed by atoms with E-state index in [-0.39, 0.29) is 6.04 Å². The van der Waals surface area contributed by atoms with Crippen LogP contribution in [0.3, 0.4) is 0 Å². The highest BCUT2D eigenvalue weighted by Gasteiger charge is 2.32. The second-order valence-electron chi connectivity index (χ2n) is 3.73. The summed E-state index contributed by atoms with van der Waals surface area (Å²) in [7, 11) is 0. The maximum atomic E-state index is 8.62. The molecule has 0 spiro atoms. The van der Waals surface area contributed by atoms with E-state index in [0.717, 1.165) is 32.7 Å². The molecule has 0 radical (unpaired) electrons. The lowest BCUT2D eigenvalue weighted by atomic mass is 10.2. The zero-order chi connectivity index (χ0) is 9.26. The van der Waals surface area contributed by atoms with Gasteiger partial charge in [0.2, 0.25) is 0 Å². The summed E-state index contributed by atoms with van der Waals surface area (Å²) >= 11 is 0. The molecule has 5 heteroatoms. The van der Waals surface area contributed by atoms with Crippen LogP contribution in [-0.2, 0) is 0 Å². The standard InChI is InChI=1S/C8H16N4O/c9-8(10-13)7-6-11-2-1-3-12(7)5-4-11/h7,13H,1-6H2,(H2,9,10). The largest absolute Gasteiger partial charge is 0.409 e. The predicted octanol–water partition coefficient (Wildman–Crippen LogP) is -0.877. The molecule has 0 amide bonds. The quantitative estimate of drug-likeness (QED) is 0.240. The number of amidine groups is 1. The molecule has 0 aromatic heterocycles. The molecule has 3 saturated heterocycles. The van der Waals surface area contributed by atoms with Gasteiger partial charge in [0.1, 0.15) is 0 Å². The SMILES string of the molecule is N/C(=N\O)C1CN2CCCN1CC2. The van der Waals surface area contributed by atoms with Gasteiger partial charge in [-0.2, -0.15) is 0 Å². The van der Waals surface area contributed by atoms with Crippen LogP contribution < -0.4 is 5.73 Å². The number of fused-ring (bicyclic) bond motifs is 4. The van der Waals surface area contributed by atoms with Gasteiger partial charge >= 0.3 is 0 Å². The molecular weight excluding hydrogens is 168 g/mol. The first-order valence-electron chi connectivity index (χ1n) is 4.75. The molecule has 3 unspecified atom stereocenters. The van der Waals surface area contributed by atoms with Gasteiger partial charge in [0.25, 0.3) is 0 Å². The minimum Gasteiger partial charge on any atom is -0.409 e. The Morgan fingerprint density at radius 2 is 2.15 bits per heavy atom. The van der Waals surface area contributed by atoms with Gasteiger partial charge in [-0.25, -0.2) is 0 Å². The highest BCUT2D eigenvalue weighted by molar-refractivity contribution is 5.85. The molecule has 0 aromatic rings. The molecule has 0 saturated carbocycles. The van der Waals surface area contributed by atoms with Crippen molar-refractivity contribution >= 4 is 5.84 Å². The van der Waals surface area contributed by atoms with Crippen molar-refractivity contribution in [3.8, 4) is 0 Å². The van der Waals surface area contributed by atoms with E-state index in [1.165, 1.54) is 6.42 Å². The Morgan fingerprint density at radius 3 is 2.92 bits per heavy atom. The van der Waals surface area contributed by atoms with E-state index in [4.69, 9.17) is 10.9 Å². The molecule has 3 atom stereocenters. The third-order valence-electron chi connectivity index (χ3n) is 2.95. The first-order valence-corrected chi connectivity index (χ1v) is 4.75. The van der Waals surface area contributed by atoms with Gasteiger partial charge in [0.05, 0.1) is 6.04 Å². The van der Waals surface area contributed by atoms with Crippen molar-refractivity contribution in [1.82, 2.24) is 9.80 Å². The summed E-state index contributed by atoms with van der Waals surface area (Å²) in [6, 6.07) is 0.126. The Kier molecular flexibility index (Phi) is 2.37. The molecule has 3 N–H and O–H groups in total. The van der Waals surface area contributed by atoms with Crippen molar-refractivity contribution in [2.75, 3.05) is 32.7 Å². The molecule has 3 rings (SSSR count). The van der Waals surface area contributed by atoms with Crippen LogP contribution in [-0.4, -0.2) is 59.6 Å². The third kappa shape index (κ3) is 1.62. The number of hydrogen-bond donors (Lipinski definition) is 2. The van der Waals surface area contributed by atoms with Crippen LogP contribution in [0.5, 0.6) is 0 Å². The molecule has 0 aliphatic carbocycles. The van der Waals surface area contributed by atoms with Crippen LogP contribution in [0.4, 0.5) is 0 Å². The second kappa shape index (κ2) is 3.51. The van der Waals surface area contributed by atoms with Gasteiger partial charge in [0, 0.05) is 26.2 Å². The van der Waals surface area contributed by atoms with E-state index in [0.29, 0.717) is 5.84 Å². The molecule has 3 heterocycles. The number of piperazine rings is 1. The number of rotatable bonds is 1. The average Bonchev–Trinajstić information content (AvgIpc) is 2.50. The highest BCUT2D eigenvalue weighted by atomic mass is 16.4. The van der Waals surface area contributed by atoms with E-state index in [1.807, 2.05) is 0 Å². The lowest BCUT2D eigenvalue weighted by Gasteiger charge is -2.36. The summed E-state index contributed by atoms with van der Waals surface area (Å²) < 4.78 is 0. The predicted molar refractivity (Wildman–Crippen MR) is 49.8 cm³/mol. The van der Waals surface area contributed by atoms with Gasteiger partial charge in [-0.15, -0.1) is 0 Å². The molecule has 3 aliphatic rings. The van der Waals surface area contributed by atoms with E-state index < -0.39 is 0 Å². The minimum atomic E-state index is 0.126. The summed E-state index contributed by atoms with van der Waals surface area (Å²) in [6.45, 7) is 5.29. The third-order valence-corrected chi connectivity index (χ3v) is 2.95. The average molecular weight is 184 g/mol. The van der Waals surface area contributed by atoms with Crippen molar-refractivity contribution in [2.45, 2.75) is 12.5 Å². The fraction of sp³-hybridized carbons (Fsp3) is 0.875. The zero-order valence-electron chi connectivity index (χ0n) is 7.69. The summed E-state index contributed by atoms with van der Waals surface area (Å²) in [5, 5.41) is 11.7. The number of hydrogen-bond acceptors (Lipinski definition) is 4. The molecule has 3 fully saturated rings. The summed E-state index contributed by atoms with van der Waals surface area (Å²) in [5.41, 5.74) is 5.64. The molecular formula is C8H16N4O. The van der Waals surface area contributed by atoms with Crippen LogP contribution >= 0.6 is 0 Å². The number of oxime groups is 1. The smallest absolute Gasteiger partial charge is 0.157 e. The van der Waals surface area contributed by atoms with Crippen molar-refractivity contribution in [2.24, 2.45) is 10.9 Å². The van der Waals surface area contributed by atoms with Gasteiger partial charge < -0.3 is 10.9 Å². The van der Waals surface area contributed by atoms with E-state index in [9.17, 15) is 0 Å². The van der Waals surface area contributed by atoms with Gasteiger partial charge in [-0.05, 0) is 13.0 Å². The molecule has 0 aromatic carbocycles. The molecule has 5 nitrogen and oxygen atoms in total. The zero-order valence-corrected chi connectivity index (χ0v) is 7.69. The minimum absolute atomic E-state index is 0.126. The van der Waals surface area contributed by atoms with Crippen LogP contribution in [0, 0.1) is 0 Å². The van der Waals surface area contributed by atoms with E-state index in [2.05, 4.69) is 15.0 Å². The van der Waals surface area contributed by atoms with Crippen LogP contribution in [0.25, 0.3) is 0 Å². The number of nitrogens with two attached hydrogens (primary N) is 1. The first-order chi connectivity index (χ1) is 6.31. The maximum absolute atomic E-state index is 8.62. The monoisotopic (exact) mass is 184 g/mol. The Bertz CT molecular complexity index is 214. The van der Waals surface area contributed by atoms with Crippen molar-refractivity contribution in [3.05, 3.63) is 0 Å². The van der Waals surface area contributed by atoms with Gasteiger partial charge in [-0.1, -0.05) is 5.16 Å². The van der Waals surface area contributed by atoms with E-state index >= 15 is 0 Å². The lowest BCUT2D eigenvalue weighted by molar-refractivity contribution is 0.147.